The van der Waals surface area contributed by atoms with Crippen molar-refractivity contribution in [2.24, 2.45) is 0 Å². The molecule has 0 radical (unpaired) electrons. The van der Waals surface area contributed by atoms with Crippen molar-refractivity contribution < 1.29 is 14.7 Å². The molecule has 4 heteroatoms. The van der Waals surface area contributed by atoms with E-state index in [9.17, 15) is 9.59 Å². The van der Waals surface area contributed by atoms with E-state index in [0.29, 0.717) is 12.0 Å². The van der Waals surface area contributed by atoms with Crippen molar-refractivity contribution in [3.8, 4) is 0 Å². The minimum absolute atomic E-state index is 0.0498. The van der Waals surface area contributed by atoms with Crippen molar-refractivity contribution in [1.82, 2.24) is 4.98 Å². The predicted molar refractivity (Wildman–Crippen MR) is 98.4 cm³/mol. The van der Waals surface area contributed by atoms with E-state index >= 15 is 0 Å². The van der Waals surface area contributed by atoms with Crippen LogP contribution in [0, 0.1) is 0 Å². The molecule has 25 heavy (non-hydrogen) atoms. The first kappa shape index (κ1) is 17.0. The standard InChI is InChI=1S/C21H21NO3/c1-21(2,3)16-7-5-14(6-8-16)19(23)11-13-4-9-17-15(10-13)12-18(22-17)20(24)25/h4-10,12,22H,11H2,1-3H3,(H,24,25). The van der Waals surface area contributed by atoms with Crippen molar-refractivity contribution >= 4 is 22.7 Å². The average molecular weight is 335 g/mol. The Morgan fingerprint density at radius 1 is 1.00 bits per heavy atom. The number of carboxylic acids is 1. The summed E-state index contributed by atoms with van der Waals surface area (Å²) < 4.78 is 0. The first-order chi connectivity index (χ1) is 11.7. The van der Waals surface area contributed by atoms with Gasteiger partial charge < -0.3 is 10.1 Å². The maximum absolute atomic E-state index is 12.5. The Labute approximate surface area is 146 Å². The number of rotatable bonds is 4. The van der Waals surface area contributed by atoms with Gasteiger partial charge in [-0.2, -0.15) is 0 Å². The maximum Gasteiger partial charge on any atom is 0.352 e. The highest BCUT2D eigenvalue weighted by atomic mass is 16.4. The molecule has 0 amide bonds. The summed E-state index contributed by atoms with van der Waals surface area (Å²) in [4.78, 5) is 26.4. The van der Waals surface area contributed by atoms with Crippen LogP contribution in [0.1, 0.15) is 52.7 Å². The molecule has 0 aliphatic heterocycles. The number of benzene rings is 2. The number of hydrogen-bond acceptors (Lipinski definition) is 2. The number of carbonyl (C=O) groups excluding carboxylic acids is 1. The summed E-state index contributed by atoms with van der Waals surface area (Å²) in [6.45, 7) is 6.42. The van der Waals surface area contributed by atoms with Crippen molar-refractivity contribution in [2.45, 2.75) is 32.6 Å². The van der Waals surface area contributed by atoms with E-state index in [1.165, 1.54) is 5.56 Å². The predicted octanol–water partition coefficient (Wildman–Crippen LogP) is 4.59. The number of fused-ring (bicyclic) bond motifs is 1. The van der Waals surface area contributed by atoms with Gasteiger partial charge in [-0.1, -0.05) is 51.1 Å². The van der Waals surface area contributed by atoms with Gasteiger partial charge in [0.2, 0.25) is 0 Å². The number of carboxylic acid groups (broad SMARTS) is 1. The highest BCUT2D eigenvalue weighted by molar-refractivity contribution is 5.98. The van der Waals surface area contributed by atoms with Crippen LogP contribution in [0.4, 0.5) is 0 Å². The number of aromatic nitrogens is 1. The van der Waals surface area contributed by atoms with Crippen LogP contribution in [-0.4, -0.2) is 21.8 Å². The highest BCUT2D eigenvalue weighted by Gasteiger charge is 2.15. The van der Waals surface area contributed by atoms with Crippen LogP contribution in [0.15, 0.2) is 48.5 Å². The fourth-order valence-corrected chi connectivity index (χ4v) is 2.85. The molecular weight excluding hydrogens is 314 g/mol. The third-order valence-electron chi connectivity index (χ3n) is 4.35. The van der Waals surface area contributed by atoms with Gasteiger partial charge in [0.25, 0.3) is 0 Å². The number of ketones is 1. The SMILES string of the molecule is CC(C)(C)c1ccc(C(=O)Cc2ccc3[nH]c(C(=O)O)cc3c2)cc1. The summed E-state index contributed by atoms with van der Waals surface area (Å²) in [7, 11) is 0. The summed E-state index contributed by atoms with van der Waals surface area (Å²) in [5, 5.41) is 9.84. The minimum Gasteiger partial charge on any atom is -0.477 e. The molecule has 0 spiro atoms. The van der Waals surface area contributed by atoms with Gasteiger partial charge in [-0.3, -0.25) is 4.79 Å². The zero-order valence-electron chi connectivity index (χ0n) is 14.6. The molecule has 2 N–H and O–H groups in total. The number of hydrogen-bond donors (Lipinski definition) is 2. The lowest BCUT2D eigenvalue weighted by atomic mass is 9.86. The third-order valence-corrected chi connectivity index (χ3v) is 4.35. The summed E-state index contributed by atoms with van der Waals surface area (Å²) in [5.74, 6) is -0.943. The Hall–Kier alpha value is -2.88. The van der Waals surface area contributed by atoms with Gasteiger partial charge in [0.15, 0.2) is 5.78 Å². The molecule has 4 nitrogen and oxygen atoms in total. The van der Waals surface area contributed by atoms with Gasteiger partial charge in [0.05, 0.1) is 0 Å². The quantitative estimate of drug-likeness (QED) is 0.685. The monoisotopic (exact) mass is 335 g/mol. The first-order valence-electron chi connectivity index (χ1n) is 8.23. The van der Waals surface area contributed by atoms with Gasteiger partial charge >= 0.3 is 5.97 Å². The Balaban J connectivity index is 1.80. The van der Waals surface area contributed by atoms with Gasteiger partial charge in [-0.25, -0.2) is 4.79 Å². The molecule has 0 saturated carbocycles. The second-order valence-electron chi connectivity index (χ2n) is 7.34. The lowest BCUT2D eigenvalue weighted by molar-refractivity contribution is 0.0691. The van der Waals surface area contributed by atoms with Crippen LogP contribution < -0.4 is 0 Å². The fourth-order valence-electron chi connectivity index (χ4n) is 2.85. The Bertz CT molecular complexity index is 943. The molecule has 0 atom stereocenters. The second-order valence-corrected chi connectivity index (χ2v) is 7.34. The number of H-pyrrole nitrogens is 1. The van der Waals surface area contributed by atoms with Crippen LogP contribution in [0.25, 0.3) is 10.9 Å². The summed E-state index contributed by atoms with van der Waals surface area (Å²) >= 11 is 0. The molecule has 0 saturated heterocycles. The van der Waals surface area contributed by atoms with E-state index in [4.69, 9.17) is 5.11 Å². The van der Waals surface area contributed by atoms with Crippen molar-refractivity contribution in [1.29, 1.82) is 0 Å². The minimum atomic E-state index is -0.993. The second kappa shape index (κ2) is 6.20. The largest absolute Gasteiger partial charge is 0.477 e. The van der Waals surface area contributed by atoms with E-state index < -0.39 is 5.97 Å². The molecule has 3 rings (SSSR count). The number of Topliss-reactive ketones (excluding diaryl/α,β-unsaturated/α-hetero) is 1. The number of carbonyl (C=O) groups is 2. The van der Waals surface area contributed by atoms with Gasteiger partial charge in [0.1, 0.15) is 5.69 Å². The molecule has 0 bridgehead atoms. The van der Waals surface area contributed by atoms with E-state index in [1.54, 1.807) is 6.07 Å². The molecule has 0 unspecified atom stereocenters. The molecular formula is C21H21NO3. The lowest BCUT2D eigenvalue weighted by Crippen LogP contribution is -2.11. The van der Waals surface area contributed by atoms with E-state index in [1.807, 2.05) is 42.5 Å². The van der Waals surface area contributed by atoms with Crippen molar-refractivity contribution in [3.05, 3.63) is 70.9 Å². The van der Waals surface area contributed by atoms with Gasteiger partial charge in [-0.15, -0.1) is 0 Å². The Morgan fingerprint density at radius 3 is 2.28 bits per heavy atom. The van der Waals surface area contributed by atoms with E-state index in [0.717, 1.165) is 16.5 Å². The fraction of sp³-hybridized carbons (Fsp3) is 0.238. The van der Waals surface area contributed by atoms with Gasteiger partial charge in [0, 0.05) is 22.9 Å². The topological polar surface area (TPSA) is 70.2 Å². The third kappa shape index (κ3) is 3.63. The van der Waals surface area contributed by atoms with Crippen LogP contribution in [0.5, 0.6) is 0 Å². The molecule has 0 aliphatic rings. The molecule has 0 aliphatic carbocycles. The smallest absolute Gasteiger partial charge is 0.352 e. The lowest BCUT2D eigenvalue weighted by Gasteiger charge is -2.19. The summed E-state index contributed by atoms with van der Waals surface area (Å²) in [5.41, 5.74) is 3.71. The summed E-state index contributed by atoms with van der Waals surface area (Å²) in [6.07, 6.45) is 0.290. The normalized spacial score (nSPS) is 11.6. The summed E-state index contributed by atoms with van der Waals surface area (Å²) in [6, 6.07) is 14.9. The Kier molecular flexibility index (Phi) is 4.21. The van der Waals surface area contributed by atoms with Crippen LogP contribution in [0.3, 0.4) is 0 Å². The van der Waals surface area contributed by atoms with Crippen molar-refractivity contribution in [3.63, 3.8) is 0 Å². The zero-order chi connectivity index (χ0) is 18.2. The molecule has 3 aromatic rings. The molecule has 1 aromatic heterocycles. The highest BCUT2D eigenvalue weighted by Crippen LogP contribution is 2.23. The maximum atomic E-state index is 12.5. The molecule has 2 aromatic carbocycles. The zero-order valence-corrected chi connectivity index (χ0v) is 14.6. The van der Waals surface area contributed by atoms with Crippen LogP contribution in [-0.2, 0) is 11.8 Å². The number of aromatic amines is 1. The van der Waals surface area contributed by atoms with E-state index in [-0.39, 0.29) is 16.9 Å². The van der Waals surface area contributed by atoms with Crippen LogP contribution in [0.2, 0.25) is 0 Å². The van der Waals surface area contributed by atoms with Crippen LogP contribution >= 0.6 is 0 Å². The van der Waals surface area contributed by atoms with E-state index in [2.05, 4.69) is 25.8 Å². The van der Waals surface area contributed by atoms with Gasteiger partial charge in [-0.05, 0) is 34.7 Å². The first-order valence-corrected chi connectivity index (χ1v) is 8.23. The number of aromatic carboxylic acids is 1. The average Bonchev–Trinajstić information content (AvgIpc) is 2.98. The number of nitrogens with one attached hydrogen (secondary N) is 1. The molecule has 128 valence electrons. The van der Waals surface area contributed by atoms with Crippen molar-refractivity contribution in [2.75, 3.05) is 0 Å². The Morgan fingerprint density at radius 2 is 1.68 bits per heavy atom. The molecule has 1 heterocycles. The molecule has 0 fully saturated rings.